The van der Waals surface area contributed by atoms with E-state index in [1.165, 1.54) is 0 Å². The predicted octanol–water partition coefficient (Wildman–Crippen LogP) is 3.26. The largest absolute Gasteiger partial charge is 0.389 e. The van der Waals surface area contributed by atoms with E-state index in [4.69, 9.17) is 5.73 Å². The van der Waals surface area contributed by atoms with Crippen LogP contribution in [-0.2, 0) is 0 Å². The maximum atomic E-state index is 12.3. The molecule has 0 bridgehead atoms. The molecule has 0 radical (unpaired) electrons. The van der Waals surface area contributed by atoms with Crippen LogP contribution in [-0.4, -0.2) is 46.7 Å². The number of nitrogens with zero attached hydrogens (tertiary/aromatic N) is 1. The van der Waals surface area contributed by atoms with E-state index >= 15 is 0 Å². The Morgan fingerprint density at radius 3 is 2.11 bits per heavy atom. The van der Waals surface area contributed by atoms with Crippen molar-refractivity contribution in [3.05, 3.63) is 0 Å². The van der Waals surface area contributed by atoms with E-state index in [-0.39, 0.29) is 12.0 Å². The molecule has 0 aromatic rings. The van der Waals surface area contributed by atoms with Crippen molar-refractivity contribution in [1.82, 2.24) is 4.90 Å². The molecule has 1 aliphatic heterocycles. The van der Waals surface area contributed by atoms with Crippen molar-refractivity contribution >= 4 is 11.8 Å². The molecule has 1 aliphatic rings. The maximum Gasteiger partial charge on any atom is 0.389 e. The molecule has 0 aromatic heterocycles. The number of rotatable bonds is 5. The third-order valence-electron chi connectivity index (χ3n) is 3.80. The van der Waals surface area contributed by atoms with Gasteiger partial charge in [0.2, 0.25) is 0 Å². The van der Waals surface area contributed by atoms with Crippen LogP contribution in [0.15, 0.2) is 0 Å². The molecule has 3 unspecified atom stereocenters. The molecule has 2 N–H and O–H groups in total. The number of thioether (sulfide) groups is 1. The summed E-state index contributed by atoms with van der Waals surface area (Å²) in [4.78, 5) is 2.29. The van der Waals surface area contributed by atoms with Crippen LogP contribution in [0.25, 0.3) is 0 Å². The van der Waals surface area contributed by atoms with Gasteiger partial charge in [-0.25, -0.2) is 0 Å². The SMILES string of the molecule is CC1CN(C(C)(CN)CCCC(F)(F)F)CC(C)S1. The summed E-state index contributed by atoms with van der Waals surface area (Å²) < 4.78 is 36.8. The molecular weight excluding hydrogens is 273 g/mol. The smallest absolute Gasteiger partial charge is 0.329 e. The Morgan fingerprint density at radius 2 is 1.68 bits per heavy atom. The molecule has 0 spiro atoms. The minimum Gasteiger partial charge on any atom is -0.329 e. The standard InChI is InChI=1S/C13H25F3N2S/c1-10-7-18(8-11(2)19-10)12(3,9-17)5-4-6-13(14,15)16/h10-11H,4-9,17H2,1-3H3. The molecule has 1 fully saturated rings. The minimum absolute atomic E-state index is 0.156. The Bertz CT molecular complexity index is 276. The van der Waals surface area contributed by atoms with Crippen molar-refractivity contribution in [2.75, 3.05) is 19.6 Å². The van der Waals surface area contributed by atoms with Crippen molar-refractivity contribution in [2.45, 2.75) is 62.2 Å². The Labute approximate surface area is 118 Å². The van der Waals surface area contributed by atoms with Crippen LogP contribution in [0.1, 0.15) is 40.0 Å². The Balaban J connectivity index is 2.58. The van der Waals surface area contributed by atoms with Crippen molar-refractivity contribution in [2.24, 2.45) is 5.73 Å². The molecule has 0 aliphatic carbocycles. The molecule has 1 saturated heterocycles. The second kappa shape index (κ2) is 6.68. The van der Waals surface area contributed by atoms with Crippen molar-refractivity contribution in [3.8, 4) is 0 Å². The molecule has 0 saturated carbocycles. The van der Waals surface area contributed by atoms with Gasteiger partial charge in [0, 0.05) is 42.1 Å². The van der Waals surface area contributed by atoms with Gasteiger partial charge in [0.1, 0.15) is 0 Å². The lowest BCUT2D eigenvalue weighted by molar-refractivity contribution is -0.136. The van der Waals surface area contributed by atoms with Crippen LogP contribution in [0, 0.1) is 0 Å². The second-order valence-corrected chi connectivity index (χ2v) is 7.71. The number of hydrogen-bond acceptors (Lipinski definition) is 3. The average molecular weight is 298 g/mol. The molecule has 1 heterocycles. The van der Waals surface area contributed by atoms with Gasteiger partial charge in [0.15, 0.2) is 0 Å². The summed E-state index contributed by atoms with van der Waals surface area (Å²) >= 11 is 1.94. The highest BCUT2D eigenvalue weighted by Gasteiger charge is 2.36. The summed E-state index contributed by atoms with van der Waals surface area (Å²) in [5, 5.41) is 1.02. The first-order chi connectivity index (χ1) is 8.66. The van der Waals surface area contributed by atoms with Gasteiger partial charge >= 0.3 is 6.18 Å². The van der Waals surface area contributed by atoms with Crippen LogP contribution in [0.2, 0.25) is 0 Å². The van der Waals surface area contributed by atoms with Gasteiger partial charge in [0.25, 0.3) is 0 Å². The Morgan fingerprint density at radius 1 is 1.16 bits per heavy atom. The molecule has 3 atom stereocenters. The summed E-state index contributed by atoms with van der Waals surface area (Å²) in [6, 6.07) is 0. The maximum absolute atomic E-state index is 12.3. The first-order valence-electron chi connectivity index (χ1n) is 6.83. The lowest BCUT2D eigenvalue weighted by atomic mass is 9.91. The number of nitrogens with two attached hydrogens (primary N) is 1. The van der Waals surface area contributed by atoms with Crippen molar-refractivity contribution < 1.29 is 13.2 Å². The Hall–Kier alpha value is 0.0600. The summed E-state index contributed by atoms with van der Waals surface area (Å²) in [7, 11) is 0. The van der Waals surface area contributed by atoms with E-state index in [1.807, 2.05) is 18.7 Å². The van der Waals surface area contributed by atoms with Gasteiger partial charge in [-0.2, -0.15) is 24.9 Å². The summed E-state index contributed by atoms with van der Waals surface area (Å²) in [5.74, 6) is 0. The fourth-order valence-corrected chi connectivity index (χ4v) is 4.00. The van der Waals surface area contributed by atoms with Gasteiger partial charge in [-0.05, 0) is 19.8 Å². The highest BCUT2D eigenvalue weighted by molar-refractivity contribution is 8.00. The van der Waals surface area contributed by atoms with E-state index in [0.717, 1.165) is 13.1 Å². The van der Waals surface area contributed by atoms with Gasteiger partial charge in [-0.1, -0.05) is 13.8 Å². The lowest BCUT2D eigenvalue weighted by Crippen LogP contribution is -2.57. The second-order valence-electron chi connectivity index (χ2n) is 5.83. The first kappa shape index (κ1) is 17.1. The van der Waals surface area contributed by atoms with Gasteiger partial charge in [-0.15, -0.1) is 0 Å². The lowest BCUT2D eigenvalue weighted by Gasteiger charge is -2.46. The van der Waals surface area contributed by atoms with E-state index < -0.39 is 12.6 Å². The molecule has 6 heteroatoms. The molecule has 2 nitrogen and oxygen atoms in total. The molecule has 1 rings (SSSR count). The van der Waals surface area contributed by atoms with Crippen LogP contribution in [0.5, 0.6) is 0 Å². The average Bonchev–Trinajstić information content (AvgIpc) is 2.25. The van der Waals surface area contributed by atoms with Crippen LogP contribution in [0.3, 0.4) is 0 Å². The zero-order valence-corrected chi connectivity index (χ0v) is 12.8. The van der Waals surface area contributed by atoms with Crippen LogP contribution < -0.4 is 5.73 Å². The first-order valence-corrected chi connectivity index (χ1v) is 7.78. The highest BCUT2D eigenvalue weighted by Crippen LogP contribution is 2.33. The van der Waals surface area contributed by atoms with E-state index in [1.54, 1.807) is 0 Å². The quantitative estimate of drug-likeness (QED) is 0.845. The van der Waals surface area contributed by atoms with E-state index in [9.17, 15) is 13.2 Å². The summed E-state index contributed by atoms with van der Waals surface area (Å²) in [6.45, 7) is 8.57. The predicted molar refractivity (Wildman–Crippen MR) is 75.5 cm³/mol. The number of hydrogen-bond donors (Lipinski definition) is 1. The van der Waals surface area contributed by atoms with Gasteiger partial charge in [-0.3, -0.25) is 4.90 Å². The normalized spacial score (nSPS) is 29.2. The third-order valence-corrected chi connectivity index (χ3v) is 5.03. The third kappa shape index (κ3) is 5.52. The molecule has 19 heavy (non-hydrogen) atoms. The number of halogens is 3. The summed E-state index contributed by atoms with van der Waals surface area (Å²) in [6.07, 6.45) is -4.11. The Kier molecular flexibility index (Phi) is 6.01. The molecule has 0 amide bonds. The topological polar surface area (TPSA) is 29.3 Å². The molecule has 0 aromatic carbocycles. The highest BCUT2D eigenvalue weighted by atomic mass is 32.2. The fourth-order valence-electron chi connectivity index (χ4n) is 2.68. The zero-order chi connectivity index (χ0) is 14.7. The fraction of sp³-hybridized carbons (Fsp3) is 1.00. The van der Waals surface area contributed by atoms with E-state index in [0.29, 0.717) is 23.5 Å². The summed E-state index contributed by atoms with van der Waals surface area (Å²) in [5.41, 5.74) is 5.54. The van der Waals surface area contributed by atoms with Gasteiger partial charge in [0.05, 0.1) is 0 Å². The van der Waals surface area contributed by atoms with Crippen molar-refractivity contribution in [3.63, 3.8) is 0 Å². The van der Waals surface area contributed by atoms with Crippen molar-refractivity contribution in [1.29, 1.82) is 0 Å². The van der Waals surface area contributed by atoms with Gasteiger partial charge < -0.3 is 5.73 Å². The zero-order valence-electron chi connectivity index (χ0n) is 12.0. The minimum atomic E-state index is -4.06. The van der Waals surface area contributed by atoms with E-state index in [2.05, 4.69) is 18.7 Å². The monoisotopic (exact) mass is 298 g/mol. The van der Waals surface area contributed by atoms with Crippen LogP contribution >= 0.6 is 11.8 Å². The number of alkyl halides is 3. The molecular formula is C13H25F3N2S. The van der Waals surface area contributed by atoms with Crippen LogP contribution in [0.4, 0.5) is 13.2 Å². The molecule has 114 valence electrons.